The summed E-state index contributed by atoms with van der Waals surface area (Å²) in [4.78, 5) is 61.8. The van der Waals surface area contributed by atoms with E-state index in [0.29, 0.717) is 30.8 Å². The van der Waals surface area contributed by atoms with Gasteiger partial charge in [0.2, 0.25) is 23.6 Å². The van der Waals surface area contributed by atoms with Crippen LogP contribution in [-0.4, -0.2) is 121 Å². The number of likely N-dealkylation sites (tertiary alicyclic amines) is 1. The van der Waals surface area contributed by atoms with Gasteiger partial charge in [-0.1, -0.05) is 97.4 Å². The molecule has 1 heterocycles. The zero-order valence-corrected chi connectivity index (χ0v) is 37.7. The molecule has 5 N–H and O–H groups in total. The van der Waals surface area contributed by atoms with Crippen LogP contribution in [0.1, 0.15) is 98.3 Å². The van der Waals surface area contributed by atoms with Crippen molar-refractivity contribution in [2.45, 2.75) is 136 Å². The van der Waals surface area contributed by atoms with Gasteiger partial charge in [0.1, 0.15) is 6.04 Å². The molecule has 1 fully saturated rings. The lowest BCUT2D eigenvalue weighted by atomic mass is 9.89. The van der Waals surface area contributed by atoms with Crippen molar-refractivity contribution >= 4 is 29.3 Å². The van der Waals surface area contributed by atoms with Crippen molar-refractivity contribution in [3.05, 3.63) is 65.7 Å². The van der Waals surface area contributed by atoms with E-state index in [2.05, 4.69) is 10.6 Å². The zero-order valence-electron chi connectivity index (χ0n) is 37.7. The predicted octanol–water partition coefficient (Wildman–Crippen LogP) is 5.02. The van der Waals surface area contributed by atoms with Crippen LogP contribution in [0.2, 0.25) is 0 Å². The molecular weight excluding hydrogens is 749 g/mol. The number of methoxy groups -OCH3 is 2. The summed E-state index contributed by atoms with van der Waals surface area (Å²) in [5, 5.41) is 16.9. The van der Waals surface area contributed by atoms with Crippen LogP contribution in [0.3, 0.4) is 0 Å². The second kappa shape index (κ2) is 23.1. The van der Waals surface area contributed by atoms with Crippen molar-refractivity contribution in [3.63, 3.8) is 0 Å². The molecule has 4 amide bonds. The molecule has 3 rings (SSSR count). The van der Waals surface area contributed by atoms with Gasteiger partial charge in [0.05, 0.1) is 54.8 Å². The molecule has 0 spiro atoms. The maximum absolute atomic E-state index is 14.5. The van der Waals surface area contributed by atoms with E-state index in [9.17, 15) is 24.3 Å². The monoisotopic (exact) mass is 823 g/mol. The van der Waals surface area contributed by atoms with E-state index in [1.54, 1.807) is 44.9 Å². The van der Waals surface area contributed by atoms with Gasteiger partial charge in [-0.2, -0.15) is 0 Å². The Kier molecular flexibility index (Phi) is 19.3. The van der Waals surface area contributed by atoms with Gasteiger partial charge in [-0.15, -0.1) is 0 Å². The fourth-order valence-electron chi connectivity index (χ4n) is 8.74. The number of aliphatic hydroxyl groups is 1. The van der Waals surface area contributed by atoms with E-state index < -0.39 is 48.4 Å². The molecular formula is C46H74N6O7. The summed E-state index contributed by atoms with van der Waals surface area (Å²) in [5.41, 5.74) is 8.37. The van der Waals surface area contributed by atoms with E-state index in [4.69, 9.17) is 15.2 Å². The molecule has 0 saturated carbocycles. The van der Waals surface area contributed by atoms with E-state index in [-0.39, 0.29) is 53.8 Å². The molecule has 13 heteroatoms. The van der Waals surface area contributed by atoms with Gasteiger partial charge in [0, 0.05) is 40.0 Å². The third kappa shape index (κ3) is 13.0. The average Bonchev–Trinajstić information content (AvgIpc) is 3.68. The molecule has 2 aromatic rings. The fourth-order valence-corrected chi connectivity index (χ4v) is 8.74. The highest BCUT2D eigenvalue weighted by Gasteiger charge is 2.43. The minimum absolute atomic E-state index is 0.0138. The molecule has 330 valence electrons. The van der Waals surface area contributed by atoms with Crippen LogP contribution in [0.25, 0.3) is 0 Å². The quantitative estimate of drug-likeness (QED) is 0.119. The summed E-state index contributed by atoms with van der Waals surface area (Å²) < 4.78 is 12.0. The Morgan fingerprint density at radius 1 is 0.898 bits per heavy atom. The third-order valence-corrected chi connectivity index (χ3v) is 12.2. The molecule has 0 aromatic heterocycles. The SMILES string of the molecule is CC[C@H](C)[C@@H]([C@@H](CC(=O)N1CCCC1[C@H](OC)C(C)C(=O)N[C@H](C)[C@@H](O)c1ccccc1)OC)N(C)C(=O)[C@@H](NC(=O)[C@H](C(C)C)N(C)Cc1cccc(N)c1)C(C)C. The lowest BCUT2D eigenvalue weighted by molar-refractivity contribution is -0.148. The standard InChI is InChI=1S/C46H74N6O7/c1-13-30(6)41(51(10)46(57)39(28(2)3)49-45(56)40(29(4)5)50(9)27-33-19-17-22-35(47)25-33)37(58-11)26-38(53)52-24-18-23-36(52)43(59-12)31(7)44(55)48-32(8)42(54)34-20-15-14-16-21-34/h14-17,19-22,25,28-32,36-37,39-43,54H,13,18,23-24,26-27,47H2,1-12H3,(H,48,55)(H,49,56)/t30-,31?,32+,36?,37+,39-,40-,41-,42+,43+/m0/s1. The number of aliphatic hydroxyl groups excluding tert-OH is 1. The number of hydrogen-bond acceptors (Lipinski definition) is 9. The summed E-state index contributed by atoms with van der Waals surface area (Å²) in [6.07, 6.45) is 0.0286. The Labute approximate surface area is 353 Å². The number of likely N-dealkylation sites (N-methyl/N-ethyl adjacent to an activating group) is 2. The number of nitrogens with two attached hydrogens (primary N) is 1. The first kappa shape index (κ1) is 49.3. The zero-order chi connectivity index (χ0) is 44.1. The number of carbonyl (C=O) groups is 4. The molecule has 13 nitrogen and oxygen atoms in total. The summed E-state index contributed by atoms with van der Waals surface area (Å²) in [5.74, 6) is -1.83. The van der Waals surface area contributed by atoms with Crippen LogP contribution in [0.5, 0.6) is 0 Å². The Morgan fingerprint density at radius 3 is 2.12 bits per heavy atom. The number of amides is 4. The van der Waals surface area contributed by atoms with Crippen molar-refractivity contribution in [2.75, 3.05) is 40.6 Å². The van der Waals surface area contributed by atoms with Gasteiger partial charge in [0.15, 0.2) is 0 Å². The fraction of sp³-hybridized carbons (Fsp3) is 0.652. The van der Waals surface area contributed by atoms with E-state index in [1.807, 2.05) is 108 Å². The first-order valence-corrected chi connectivity index (χ1v) is 21.4. The lowest BCUT2D eigenvalue weighted by Crippen LogP contribution is -2.60. The molecule has 2 unspecified atom stereocenters. The second-order valence-corrected chi connectivity index (χ2v) is 17.3. The lowest BCUT2D eigenvalue weighted by Gasteiger charge is -2.41. The number of nitrogens with zero attached hydrogens (tertiary/aromatic N) is 3. The minimum Gasteiger partial charge on any atom is -0.399 e. The van der Waals surface area contributed by atoms with Gasteiger partial charge in [-0.3, -0.25) is 24.1 Å². The molecule has 0 radical (unpaired) electrons. The molecule has 1 aliphatic rings. The summed E-state index contributed by atoms with van der Waals surface area (Å²) in [7, 11) is 6.76. The van der Waals surface area contributed by atoms with Crippen molar-refractivity contribution in [1.29, 1.82) is 0 Å². The number of hydrogen-bond donors (Lipinski definition) is 4. The number of ether oxygens (including phenoxy) is 2. The smallest absolute Gasteiger partial charge is 0.245 e. The number of nitrogens with one attached hydrogen (secondary N) is 2. The van der Waals surface area contributed by atoms with Crippen LogP contribution in [0.4, 0.5) is 5.69 Å². The number of anilines is 1. The largest absolute Gasteiger partial charge is 0.399 e. The second-order valence-electron chi connectivity index (χ2n) is 17.3. The number of carbonyl (C=O) groups excluding carboxylic acids is 4. The van der Waals surface area contributed by atoms with Crippen molar-refractivity contribution in [1.82, 2.24) is 25.3 Å². The molecule has 10 atom stereocenters. The predicted molar refractivity (Wildman–Crippen MR) is 233 cm³/mol. The van der Waals surface area contributed by atoms with E-state index >= 15 is 0 Å². The normalized spacial score (nSPS) is 19.1. The minimum atomic E-state index is -0.885. The van der Waals surface area contributed by atoms with Crippen LogP contribution >= 0.6 is 0 Å². The Morgan fingerprint density at radius 2 is 1.56 bits per heavy atom. The van der Waals surface area contributed by atoms with Crippen LogP contribution in [-0.2, 0) is 35.2 Å². The summed E-state index contributed by atoms with van der Waals surface area (Å²) in [6, 6.07) is 14.1. The Hall–Kier alpha value is -4.04. The highest BCUT2D eigenvalue weighted by Crippen LogP contribution is 2.30. The molecule has 59 heavy (non-hydrogen) atoms. The molecule has 2 aromatic carbocycles. The first-order valence-electron chi connectivity index (χ1n) is 21.4. The van der Waals surface area contributed by atoms with Crippen LogP contribution in [0, 0.1) is 23.7 Å². The van der Waals surface area contributed by atoms with Crippen LogP contribution in [0.15, 0.2) is 54.6 Å². The van der Waals surface area contributed by atoms with E-state index in [1.165, 1.54) is 0 Å². The van der Waals surface area contributed by atoms with Gasteiger partial charge < -0.3 is 40.7 Å². The number of rotatable bonds is 22. The van der Waals surface area contributed by atoms with Crippen molar-refractivity contribution in [2.24, 2.45) is 23.7 Å². The Bertz CT molecular complexity index is 1640. The topological polar surface area (TPSA) is 167 Å². The molecule has 1 saturated heterocycles. The molecule has 1 aliphatic heterocycles. The number of nitrogen functional groups attached to an aromatic ring is 1. The van der Waals surface area contributed by atoms with E-state index in [0.717, 1.165) is 18.4 Å². The average molecular weight is 823 g/mol. The van der Waals surface area contributed by atoms with Gasteiger partial charge in [0.25, 0.3) is 0 Å². The highest BCUT2D eigenvalue weighted by molar-refractivity contribution is 5.90. The Balaban J connectivity index is 1.77. The van der Waals surface area contributed by atoms with Gasteiger partial charge in [-0.05, 0) is 67.8 Å². The van der Waals surface area contributed by atoms with Crippen molar-refractivity contribution in [3.8, 4) is 0 Å². The molecule has 0 bridgehead atoms. The highest BCUT2D eigenvalue weighted by atomic mass is 16.5. The first-order chi connectivity index (χ1) is 27.9. The van der Waals surface area contributed by atoms with Crippen molar-refractivity contribution < 1.29 is 33.8 Å². The number of benzene rings is 2. The summed E-state index contributed by atoms with van der Waals surface area (Å²) in [6.45, 7) is 16.5. The van der Waals surface area contributed by atoms with Gasteiger partial charge >= 0.3 is 0 Å². The maximum Gasteiger partial charge on any atom is 0.245 e. The maximum atomic E-state index is 14.5. The molecule has 0 aliphatic carbocycles. The van der Waals surface area contributed by atoms with Gasteiger partial charge in [-0.25, -0.2) is 0 Å². The van der Waals surface area contributed by atoms with Crippen LogP contribution < -0.4 is 16.4 Å². The summed E-state index contributed by atoms with van der Waals surface area (Å²) >= 11 is 0. The third-order valence-electron chi connectivity index (χ3n) is 12.2.